The van der Waals surface area contributed by atoms with Crippen LogP contribution < -0.4 is 14.2 Å². The molecule has 0 N–H and O–H groups in total. The van der Waals surface area contributed by atoms with Crippen LogP contribution in [0.2, 0.25) is 0 Å². The van der Waals surface area contributed by atoms with Crippen molar-refractivity contribution in [3.63, 3.8) is 0 Å². The average molecular weight is 516 g/mol. The number of halogens is 3. The number of carbonyl (C=O) groups excluding carboxylic acids is 1. The number of benzene rings is 3. The van der Waals surface area contributed by atoms with Crippen LogP contribution in [0, 0.1) is 10.1 Å². The molecule has 0 bridgehead atoms. The molecule has 8 nitrogen and oxygen atoms in total. The molecule has 0 spiro atoms. The Labute approximate surface area is 210 Å². The highest BCUT2D eigenvalue weighted by Gasteiger charge is 2.39. The zero-order chi connectivity index (χ0) is 26.7. The summed E-state index contributed by atoms with van der Waals surface area (Å²) in [5.41, 5.74) is -0.119. The van der Waals surface area contributed by atoms with Gasteiger partial charge in [0.15, 0.2) is 11.5 Å². The molecule has 0 fully saturated rings. The Bertz CT molecular complexity index is 1310. The maximum absolute atomic E-state index is 13.7. The van der Waals surface area contributed by atoms with Gasteiger partial charge in [-0.05, 0) is 53.9 Å². The first-order valence-corrected chi connectivity index (χ1v) is 11.2. The van der Waals surface area contributed by atoms with Gasteiger partial charge < -0.3 is 19.1 Å². The van der Waals surface area contributed by atoms with Gasteiger partial charge in [0.25, 0.3) is 11.6 Å². The van der Waals surface area contributed by atoms with Crippen molar-refractivity contribution in [1.29, 1.82) is 0 Å². The summed E-state index contributed by atoms with van der Waals surface area (Å²) < 4.78 is 57.7. The van der Waals surface area contributed by atoms with Gasteiger partial charge in [-0.3, -0.25) is 14.9 Å². The smallest absolute Gasteiger partial charge is 0.417 e. The molecular formula is C26H23F3N2O6. The van der Waals surface area contributed by atoms with Crippen LogP contribution in [0.3, 0.4) is 0 Å². The summed E-state index contributed by atoms with van der Waals surface area (Å²) in [7, 11) is 2.95. The number of nitro groups is 1. The van der Waals surface area contributed by atoms with E-state index in [1.807, 2.05) is 0 Å². The van der Waals surface area contributed by atoms with Gasteiger partial charge in [-0.2, -0.15) is 13.2 Å². The number of alkyl halides is 3. The van der Waals surface area contributed by atoms with Gasteiger partial charge in [-0.1, -0.05) is 12.1 Å². The Morgan fingerprint density at radius 3 is 2.32 bits per heavy atom. The van der Waals surface area contributed by atoms with Crippen molar-refractivity contribution in [2.24, 2.45) is 0 Å². The number of hydrogen-bond acceptors (Lipinski definition) is 6. The van der Waals surface area contributed by atoms with Crippen LogP contribution in [0.25, 0.3) is 0 Å². The second-order valence-electron chi connectivity index (χ2n) is 8.28. The maximum atomic E-state index is 13.7. The Balaban J connectivity index is 1.73. The van der Waals surface area contributed by atoms with Crippen LogP contribution in [0.1, 0.15) is 33.1 Å². The van der Waals surface area contributed by atoms with Crippen molar-refractivity contribution < 1.29 is 37.1 Å². The molecule has 37 heavy (non-hydrogen) atoms. The van der Waals surface area contributed by atoms with E-state index >= 15 is 0 Å². The minimum absolute atomic E-state index is 0.111. The highest BCUT2D eigenvalue weighted by atomic mass is 19.4. The monoisotopic (exact) mass is 516 g/mol. The van der Waals surface area contributed by atoms with Gasteiger partial charge in [0.05, 0.1) is 36.3 Å². The van der Waals surface area contributed by atoms with Crippen molar-refractivity contribution in [1.82, 2.24) is 4.90 Å². The number of methoxy groups -OCH3 is 2. The normalized spacial score (nSPS) is 15.1. The fourth-order valence-electron chi connectivity index (χ4n) is 4.36. The van der Waals surface area contributed by atoms with Crippen molar-refractivity contribution in [3.8, 4) is 17.2 Å². The van der Waals surface area contributed by atoms with Crippen LogP contribution >= 0.6 is 0 Å². The van der Waals surface area contributed by atoms with Crippen molar-refractivity contribution >= 4 is 11.6 Å². The molecule has 1 aliphatic heterocycles. The number of nitrogens with zero attached hydrogens (tertiary/aromatic N) is 2. The predicted octanol–water partition coefficient (Wildman–Crippen LogP) is 5.45. The fourth-order valence-corrected chi connectivity index (χ4v) is 4.36. The van der Waals surface area contributed by atoms with E-state index in [2.05, 4.69) is 0 Å². The summed E-state index contributed by atoms with van der Waals surface area (Å²) in [5, 5.41) is 10.9. The van der Waals surface area contributed by atoms with Crippen LogP contribution in [-0.2, 0) is 12.6 Å². The topological polar surface area (TPSA) is 91.1 Å². The molecule has 0 aliphatic carbocycles. The summed E-state index contributed by atoms with van der Waals surface area (Å²) in [6, 6.07) is 12.7. The summed E-state index contributed by atoms with van der Waals surface area (Å²) in [6.45, 7) is 0.0298. The summed E-state index contributed by atoms with van der Waals surface area (Å²) in [5.74, 6) is 0.400. The zero-order valence-corrected chi connectivity index (χ0v) is 19.9. The van der Waals surface area contributed by atoms with Crippen LogP contribution in [0.4, 0.5) is 18.9 Å². The molecule has 11 heteroatoms. The first kappa shape index (κ1) is 25.8. The van der Waals surface area contributed by atoms with Crippen LogP contribution in [-0.4, -0.2) is 43.1 Å². The number of carbonyl (C=O) groups is 1. The standard InChI is InChI=1S/C26H23F3N2O6/c1-35-23-13-16-11-12-30(25(32)19-5-3-4-6-21(19)26(27,28)29)22(20(16)14-24(23)36-2)15-37-18-9-7-17(8-10-18)31(33)34/h3-10,13-14,22H,11-12,15H2,1-2H3/t22-/m1/s1. The Kier molecular flexibility index (Phi) is 7.23. The summed E-state index contributed by atoms with van der Waals surface area (Å²) in [6.07, 6.45) is -4.33. The van der Waals surface area contributed by atoms with E-state index in [1.165, 1.54) is 55.5 Å². The second-order valence-corrected chi connectivity index (χ2v) is 8.28. The van der Waals surface area contributed by atoms with Gasteiger partial charge >= 0.3 is 6.18 Å². The van der Waals surface area contributed by atoms with E-state index in [1.54, 1.807) is 12.1 Å². The highest BCUT2D eigenvalue weighted by Crippen LogP contribution is 2.40. The number of nitro benzene ring substituents is 1. The van der Waals surface area contributed by atoms with Crippen LogP contribution in [0.5, 0.6) is 17.2 Å². The predicted molar refractivity (Wildman–Crippen MR) is 127 cm³/mol. The Morgan fingerprint density at radius 2 is 1.70 bits per heavy atom. The lowest BCUT2D eigenvalue weighted by Crippen LogP contribution is -2.43. The van der Waals surface area contributed by atoms with E-state index in [4.69, 9.17) is 14.2 Å². The lowest BCUT2D eigenvalue weighted by Gasteiger charge is -2.38. The third-order valence-corrected chi connectivity index (χ3v) is 6.18. The summed E-state index contributed by atoms with van der Waals surface area (Å²) >= 11 is 0. The van der Waals surface area contributed by atoms with Gasteiger partial charge in [-0.15, -0.1) is 0 Å². The third kappa shape index (κ3) is 5.30. The molecule has 3 aromatic rings. The van der Waals surface area contributed by atoms with E-state index < -0.39 is 34.2 Å². The Hall–Kier alpha value is -4.28. The van der Waals surface area contributed by atoms with Crippen molar-refractivity contribution in [2.45, 2.75) is 18.6 Å². The molecule has 0 saturated heterocycles. The van der Waals surface area contributed by atoms with Gasteiger partial charge in [-0.25, -0.2) is 0 Å². The van der Waals surface area contributed by atoms with E-state index in [0.717, 1.165) is 17.7 Å². The zero-order valence-electron chi connectivity index (χ0n) is 19.9. The number of hydrogen-bond donors (Lipinski definition) is 0. The fraction of sp³-hybridized carbons (Fsp3) is 0.269. The maximum Gasteiger partial charge on any atom is 0.417 e. The molecule has 194 valence electrons. The number of fused-ring (bicyclic) bond motifs is 1. The van der Waals surface area contributed by atoms with Crippen molar-refractivity contribution in [2.75, 3.05) is 27.4 Å². The highest BCUT2D eigenvalue weighted by molar-refractivity contribution is 5.96. The van der Waals surface area contributed by atoms with Crippen LogP contribution in [0.15, 0.2) is 60.7 Å². The van der Waals surface area contributed by atoms with E-state index in [0.29, 0.717) is 29.2 Å². The number of non-ortho nitro benzene ring substituents is 1. The molecule has 0 radical (unpaired) electrons. The first-order valence-electron chi connectivity index (χ1n) is 11.2. The molecule has 1 heterocycles. The number of rotatable bonds is 7. The third-order valence-electron chi connectivity index (χ3n) is 6.18. The van der Waals surface area contributed by atoms with E-state index in [9.17, 15) is 28.1 Å². The SMILES string of the molecule is COc1cc2c(cc1OC)[C@@H](COc1ccc([N+](=O)[O-])cc1)N(C(=O)c1ccccc1C(F)(F)F)CC2. The quantitative estimate of drug-likeness (QED) is 0.306. The molecule has 1 aliphatic rings. The van der Waals surface area contributed by atoms with Gasteiger partial charge in [0.1, 0.15) is 12.4 Å². The van der Waals surface area contributed by atoms with Gasteiger partial charge in [0, 0.05) is 18.7 Å². The Morgan fingerprint density at radius 1 is 1.05 bits per heavy atom. The van der Waals surface area contributed by atoms with Gasteiger partial charge in [0.2, 0.25) is 0 Å². The lowest BCUT2D eigenvalue weighted by atomic mass is 9.91. The minimum atomic E-state index is -4.71. The number of ether oxygens (including phenoxy) is 3. The molecule has 0 aromatic heterocycles. The summed E-state index contributed by atoms with van der Waals surface area (Å²) in [4.78, 5) is 25.3. The number of amides is 1. The molecule has 0 saturated carbocycles. The molecule has 1 atom stereocenters. The van der Waals surface area contributed by atoms with E-state index in [-0.39, 0.29) is 18.8 Å². The molecule has 3 aromatic carbocycles. The molecular weight excluding hydrogens is 493 g/mol. The molecule has 0 unspecified atom stereocenters. The average Bonchev–Trinajstić information content (AvgIpc) is 2.90. The molecule has 4 rings (SSSR count). The molecule has 1 amide bonds. The van der Waals surface area contributed by atoms with Crippen molar-refractivity contribution in [3.05, 3.63) is 93.0 Å². The first-order chi connectivity index (χ1) is 17.6. The lowest BCUT2D eigenvalue weighted by molar-refractivity contribution is -0.384. The largest absolute Gasteiger partial charge is 0.493 e. The second kappa shape index (κ2) is 10.4. The minimum Gasteiger partial charge on any atom is -0.493 e.